The molecule has 1 aromatic carbocycles. The lowest BCUT2D eigenvalue weighted by atomic mass is 9.83. The zero-order chi connectivity index (χ0) is 15.9. The summed E-state index contributed by atoms with van der Waals surface area (Å²) in [7, 11) is 0. The van der Waals surface area contributed by atoms with Crippen molar-refractivity contribution in [1.29, 1.82) is 0 Å². The normalized spacial score (nSPS) is 23.2. The van der Waals surface area contributed by atoms with Crippen LogP contribution in [0.2, 0.25) is 5.02 Å². The highest BCUT2D eigenvalue weighted by atomic mass is 35.5. The Morgan fingerprint density at radius 3 is 2.43 bits per heavy atom. The molecule has 5 heteroatoms. The molecule has 114 valence electrons. The fourth-order valence-electron chi connectivity index (χ4n) is 2.53. The quantitative estimate of drug-likeness (QED) is 0.867. The van der Waals surface area contributed by atoms with Crippen LogP contribution in [-0.2, 0) is 9.59 Å². The van der Waals surface area contributed by atoms with Crippen molar-refractivity contribution >= 4 is 29.1 Å². The second-order valence-electron chi connectivity index (χ2n) is 6.62. The summed E-state index contributed by atoms with van der Waals surface area (Å²) in [6.45, 7) is 9.45. The Kier molecular flexibility index (Phi) is 4.02. The van der Waals surface area contributed by atoms with Crippen LogP contribution in [0, 0.1) is 12.3 Å². The Labute approximate surface area is 130 Å². The third kappa shape index (κ3) is 2.91. The number of halogens is 1. The Bertz CT molecular complexity index is 592. The maximum atomic E-state index is 12.9. The van der Waals surface area contributed by atoms with Crippen molar-refractivity contribution in [2.24, 2.45) is 5.41 Å². The van der Waals surface area contributed by atoms with E-state index in [4.69, 9.17) is 11.6 Å². The molecular formula is C16H21ClN2O2. The number of carbonyl (C=O) groups is 2. The van der Waals surface area contributed by atoms with Gasteiger partial charge in [0.25, 0.3) is 5.91 Å². The van der Waals surface area contributed by atoms with E-state index in [1.54, 1.807) is 24.0 Å². The smallest absolute Gasteiger partial charge is 0.250 e. The average molecular weight is 309 g/mol. The predicted molar refractivity (Wildman–Crippen MR) is 84.5 cm³/mol. The molecule has 0 radical (unpaired) electrons. The number of carbonyl (C=O) groups excluding carboxylic acids is 2. The lowest BCUT2D eigenvalue weighted by Crippen LogP contribution is -2.66. The van der Waals surface area contributed by atoms with Crippen molar-refractivity contribution in [1.82, 2.24) is 5.32 Å². The monoisotopic (exact) mass is 308 g/mol. The van der Waals surface area contributed by atoms with Crippen LogP contribution in [0.4, 0.5) is 5.69 Å². The molecule has 4 nitrogen and oxygen atoms in total. The molecular weight excluding hydrogens is 288 g/mol. The highest BCUT2D eigenvalue weighted by Gasteiger charge is 2.44. The molecule has 2 unspecified atom stereocenters. The van der Waals surface area contributed by atoms with Gasteiger partial charge in [0, 0.05) is 10.7 Å². The van der Waals surface area contributed by atoms with Crippen LogP contribution in [-0.4, -0.2) is 23.9 Å². The minimum Gasteiger partial charge on any atom is -0.342 e. The molecule has 0 spiro atoms. The minimum absolute atomic E-state index is 0.0973. The van der Waals surface area contributed by atoms with Crippen molar-refractivity contribution < 1.29 is 9.59 Å². The molecule has 0 bridgehead atoms. The van der Waals surface area contributed by atoms with Gasteiger partial charge in [-0.05, 0) is 37.0 Å². The van der Waals surface area contributed by atoms with Gasteiger partial charge in [0.05, 0.1) is 0 Å². The highest BCUT2D eigenvalue weighted by Crippen LogP contribution is 2.32. The van der Waals surface area contributed by atoms with Gasteiger partial charge < -0.3 is 5.32 Å². The third-order valence-corrected chi connectivity index (χ3v) is 4.07. The van der Waals surface area contributed by atoms with Gasteiger partial charge in [0.1, 0.15) is 12.1 Å². The Hall–Kier alpha value is -1.55. The van der Waals surface area contributed by atoms with Crippen LogP contribution < -0.4 is 10.2 Å². The molecule has 0 aromatic heterocycles. The molecule has 1 aromatic rings. The van der Waals surface area contributed by atoms with Gasteiger partial charge >= 0.3 is 0 Å². The van der Waals surface area contributed by atoms with E-state index in [-0.39, 0.29) is 17.2 Å². The van der Waals surface area contributed by atoms with E-state index < -0.39 is 12.1 Å². The van der Waals surface area contributed by atoms with E-state index in [1.165, 1.54) is 0 Å². The Balaban J connectivity index is 2.51. The van der Waals surface area contributed by atoms with Crippen molar-refractivity contribution in [2.45, 2.75) is 46.7 Å². The van der Waals surface area contributed by atoms with Gasteiger partial charge in [-0.2, -0.15) is 0 Å². The number of hydrogen-bond donors (Lipinski definition) is 1. The number of piperazine rings is 1. The SMILES string of the molecule is Cc1ccc(Cl)cc1N1C(=O)C(C(C)(C)C)NC(=O)C1C. The number of hydrogen-bond acceptors (Lipinski definition) is 2. The van der Waals surface area contributed by atoms with Crippen LogP contribution >= 0.6 is 11.6 Å². The van der Waals surface area contributed by atoms with Gasteiger partial charge in [0.2, 0.25) is 5.91 Å². The lowest BCUT2D eigenvalue weighted by Gasteiger charge is -2.42. The van der Waals surface area contributed by atoms with E-state index in [2.05, 4.69) is 5.32 Å². The molecule has 21 heavy (non-hydrogen) atoms. The van der Waals surface area contributed by atoms with Gasteiger partial charge in [-0.1, -0.05) is 38.4 Å². The van der Waals surface area contributed by atoms with Crippen LogP contribution in [0.25, 0.3) is 0 Å². The molecule has 1 N–H and O–H groups in total. The van der Waals surface area contributed by atoms with E-state index in [0.717, 1.165) is 5.56 Å². The maximum Gasteiger partial charge on any atom is 0.250 e. The number of anilines is 1. The van der Waals surface area contributed by atoms with Gasteiger partial charge in [-0.3, -0.25) is 14.5 Å². The Morgan fingerprint density at radius 2 is 1.86 bits per heavy atom. The van der Waals surface area contributed by atoms with Crippen LogP contribution in [0.3, 0.4) is 0 Å². The summed E-state index contributed by atoms with van der Waals surface area (Å²) in [5.74, 6) is -0.242. The van der Waals surface area contributed by atoms with E-state index in [9.17, 15) is 9.59 Å². The summed E-state index contributed by atoms with van der Waals surface area (Å²) >= 11 is 6.06. The first-order valence-electron chi connectivity index (χ1n) is 7.02. The largest absolute Gasteiger partial charge is 0.342 e. The first-order valence-corrected chi connectivity index (χ1v) is 7.40. The first kappa shape index (κ1) is 15.8. The van der Waals surface area contributed by atoms with E-state index >= 15 is 0 Å². The molecule has 1 aliphatic heterocycles. The fourth-order valence-corrected chi connectivity index (χ4v) is 2.69. The molecule has 2 amide bonds. The number of rotatable bonds is 1. The summed E-state index contributed by atoms with van der Waals surface area (Å²) in [5.41, 5.74) is 1.27. The number of amides is 2. The first-order chi connectivity index (χ1) is 9.62. The number of nitrogens with one attached hydrogen (secondary N) is 1. The molecule has 2 atom stereocenters. The predicted octanol–water partition coefficient (Wildman–Crippen LogP) is 2.91. The topological polar surface area (TPSA) is 49.4 Å². The average Bonchev–Trinajstić information content (AvgIpc) is 2.36. The lowest BCUT2D eigenvalue weighted by molar-refractivity contribution is -0.136. The van der Waals surface area contributed by atoms with Crippen LogP contribution in [0.5, 0.6) is 0 Å². The summed E-state index contributed by atoms with van der Waals surface area (Å²) in [5, 5.41) is 3.38. The van der Waals surface area contributed by atoms with Crippen LogP contribution in [0.15, 0.2) is 18.2 Å². The van der Waals surface area contributed by atoms with Crippen molar-refractivity contribution in [2.75, 3.05) is 4.90 Å². The van der Waals surface area contributed by atoms with Crippen molar-refractivity contribution in [3.63, 3.8) is 0 Å². The zero-order valence-corrected chi connectivity index (χ0v) is 13.8. The number of nitrogens with zero attached hydrogens (tertiary/aromatic N) is 1. The van der Waals surface area contributed by atoms with Gasteiger partial charge in [0.15, 0.2) is 0 Å². The zero-order valence-electron chi connectivity index (χ0n) is 13.0. The molecule has 1 fully saturated rings. The summed E-state index contributed by atoms with van der Waals surface area (Å²) in [4.78, 5) is 26.7. The van der Waals surface area contributed by atoms with Crippen molar-refractivity contribution in [3.8, 4) is 0 Å². The summed E-state index contributed by atoms with van der Waals surface area (Å²) in [6.07, 6.45) is 0. The van der Waals surface area contributed by atoms with Gasteiger partial charge in [-0.15, -0.1) is 0 Å². The third-order valence-electron chi connectivity index (χ3n) is 3.83. The Morgan fingerprint density at radius 1 is 1.24 bits per heavy atom. The summed E-state index contributed by atoms with van der Waals surface area (Å²) < 4.78 is 0. The minimum atomic E-state index is -0.548. The van der Waals surface area contributed by atoms with Crippen LogP contribution in [0.1, 0.15) is 33.3 Å². The number of benzene rings is 1. The van der Waals surface area contributed by atoms with Gasteiger partial charge in [-0.25, -0.2) is 0 Å². The van der Waals surface area contributed by atoms with Crippen molar-refractivity contribution in [3.05, 3.63) is 28.8 Å². The fraction of sp³-hybridized carbons (Fsp3) is 0.500. The standard InChI is InChI=1S/C16H21ClN2O2/c1-9-6-7-11(17)8-12(9)19-10(2)14(20)18-13(15(19)21)16(3,4)5/h6-8,10,13H,1-5H3,(H,18,20). The molecule has 2 rings (SSSR count). The second kappa shape index (κ2) is 5.34. The summed E-state index contributed by atoms with van der Waals surface area (Å²) in [6, 6.07) is 4.29. The maximum absolute atomic E-state index is 12.9. The highest BCUT2D eigenvalue weighted by molar-refractivity contribution is 6.31. The molecule has 1 aliphatic rings. The second-order valence-corrected chi connectivity index (χ2v) is 7.06. The molecule has 1 heterocycles. The number of aryl methyl sites for hydroxylation is 1. The molecule has 0 saturated carbocycles. The molecule has 0 aliphatic carbocycles. The van der Waals surface area contributed by atoms with E-state index in [0.29, 0.717) is 10.7 Å². The molecule has 1 saturated heterocycles. The van der Waals surface area contributed by atoms with E-state index in [1.807, 2.05) is 33.8 Å².